The molecule has 0 aliphatic heterocycles. The van der Waals surface area contributed by atoms with Crippen LogP contribution in [0.15, 0.2) is 85.3 Å². The Balaban J connectivity index is 1.65. The molecule has 0 spiro atoms. The zero-order valence-electron chi connectivity index (χ0n) is 16.8. The van der Waals surface area contributed by atoms with E-state index < -0.39 is 17.3 Å². The minimum Gasteiger partial charge on any atom is -0.420 e. The zero-order valence-corrected chi connectivity index (χ0v) is 17.6. The molecule has 0 bridgehead atoms. The topological polar surface area (TPSA) is 64.1 Å². The van der Waals surface area contributed by atoms with E-state index in [9.17, 15) is 18.0 Å². The molecule has 2 aromatic heterocycles. The number of benzene rings is 2. The first kappa shape index (κ1) is 22.3. The highest BCUT2D eigenvalue weighted by Crippen LogP contribution is 2.32. The van der Waals surface area contributed by atoms with Crippen LogP contribution in [0.25, 0.3) is 22.4 Å². The van der Waals surface area contributed by atoms with Crippen molar-refractivity contribution in [1.82, 2.24) is 9.97 Å². The largest absolute Gasteiger partial charge is 0.487 e. The van der Waals surface area contributed by atoms with Crippen LogP contribution in [0, 0.1) is 5.82 Å². The zero-order chi connectivity index (χ0) is 23.4. The third-order valence-corrected chi connectivity index (χ3v) is 4.67. The van der Waals surface area contributed by atoms with Crippen LogP contribution in [0.2, 0.25) is 0 Å². The van der Waals surface area contributed by atoms with E-state index in [0.29, 0.717) is 22.5 Å². The molecule has 9 heteroatoms. The van der Waals surface area contributed by atoms with E-state index in [1.807, 2.05) is 0 Å². The summed E-state index contributed by atoms with van der Waals surface area (Å²) in [4.78, 5) is 21.3. The Morgan fingerprint density at radius 2 is 1.73 bits per heavy atom. The van der Waals surface area contributed by atoms with Gasteiger partial charge in [0.05, 0.1) is 11.3 Å². The van der Waals surface area contributed by atoms with Gasteiger partial charge in [-0.15, -0.1) is 8.78 Å². The van der Waals surface area contributed by atoms with Gasteiger partial charge in [0.1, 0.15) is 11.6 Å². The molecule has 0 saturated heterocycles. The van der Waals surface area contributed by atoms with Crippen LogP contribution in [-0.4, -0.2) is 21.4 Å². The van der Waals surface area contributed by atoms with Crippen molar-refractivity contribution in [2.45, 2.75) is 5.57 Å². The van der Waals surface area contributed by atoms with E-state index in [2.05, 4.69) is 20.0 Å². The number of alkyl halides is 3. The van der Waals surface area contributed by atoms with Gasteiger partial charge in [-0.25, -0.2) is 4.39 Å². The number of nitrogens with zero attached hydrogens (tertiary/aromatic N) is 2. The second-order valence-corrected chi connectivity index (χ2v) is 7.31. The van der Waals surface area contributed by atoms with Crippen LogP contribution >= 0.6 is 11.6 Å². The second kappa shape index (κ2) is 9.30. The Labute approximate surface area is 191 Å². The summed E-state index contributed by atoms with van der Waals surface area (Å²) in [5.41, 5.74) is -1.46. The highest BCUT2D eigenvalue weighted by Gasteiger charge is 2.27. The molecule has 0 unspecified atom stereocenters. The van der Waals surface area contributed by atoms with Gasteiger partial charge in [-0.3, -0.25) is 14.8 Å². The third kappa shape index (κ3) is 5.48. The Bertz CT molecular complexity index is 1280. The van der Waals surface area contributed by atoms with Crippen LogP contribution in [0.5, 0.6) is 5.75 Å². The number of halogens is 4. The maximum atomic E-state index is 14.5. The smallest absolute Gasteiger partial charge is 0.420 e. The van der Waals surface area contributed by atoms with Gasteiger partial charge in [0.15, 0.2) is 0 Å². The van der Waals surface area contributed by atoms with E-state index in [4.69, 9.17) is 11.6 Å². The highest BCUT2D eigenvalue weighted by molar-refractivity contribution is 6.20. The minimum atomic E-state index is -3.83. The van der Waals surface area contributed by atoms with E-state index in [0.717, 1.165) is 0 Å². The molecule has 2 heterocycles. The fourth-order valence-corrected chi connectivity index (χ4v) is 3.23. The standard InChI is InChI=1S/C24H15ClF3N3O2/c25-24(27,28)33-18-9-7-17(8-10-18)31-23(32)16-12-20(15-4-3-11-29-13-15)22(30-14-16)19-5-1-2-6-21(19)26/h1-14H,(H,31,32). The van der Waals surface area contributed by atoms with Crippen molar-refractivity contribution < 1.29 is 22.7 Å². The lowest BCUT2D eigenvalue weighted by Crippen LogP contribution is -2.16. The Hall–Kier alpha value is -3.91. The number of rotatable bonds is 6. The van der Waals surface area contributed by atoms with Gasteiger partial charge in [0.25, 0.3) is 5.91 Å². The van der Waals surface area contributed by atoms with Gasteiger partial charge in [-0.2, -0.15) is 0 Å². The molecular weight excluding hydrogens is 455 g/mol. The molecule has 2 aromatic carbocycles. The summed E-state index contributed by atoms with van der Waals surface area (Å²) in [7, 11) is 0. The van der Waals surface area contributed by atoms with Gasteiger partial charge in [-0.1, -0.05) is 18.2 Å². The molecular formula is C24H15ClF3N3O2. The van der Waals surface area contributed by atoms with Crippen LogP contribution < -0.4 is 10.1 Å². The molecule has 166 valence electrons. The maximum Gasteiger partial charge on any atom is 0.487 e. The van der Waals surface area contributed by atoms with Crippen molar-refractivity contribution >= 4 is 23.2 Å². The predicted molar refractivity (Wildman–Crippen MR) is 119 cm³/mol. The van der Waals surface area contributed by atoms with E-state index in [1.54, 1.807) is 48.8 Å². The van der Waals surface area contributed by atoms with E-state index in [-0.39, 0.29) is 16.9 Å². The Kier molecular flexibility index (Phi) is 6.28. The maximum absolute atomic E-state index is 14.5. The molecule has 1 N–H and O–H groups in total. The number of aromatic nitrogens is 2. The number of nitrogens with one attached hydrogen (secondary N) is 1. The van der Waals surface area contributed by atoms with Crippen LogP contribution in [0.1, 0.15) is 10.4 Å². The first-order valence-corrected chi connectivity index (χ1v) is 10.0. The predicted octanol–water partition coefficient (Wildman–Crippen LogP) is 6.37. The monoisotopic (exact) mass is 469 g/mol. The minimum absolute atomic E-state index is 0.164. The average molecular weight is 470 g/mol. The first-order chi connectivity index (χ1) is 15.8. The van der Waals surface area contributed by atoms with Gasteiger partial charge in [0.2, 0.25) is 0 Å². The summed E-state index contributed by atoms with van der Waals surface area (Å²) in [5, 5.41) is 2.65. The summed E-state index contributed by atoms with van der Waals surface area (Å²) in [6, 6.07) is 16.6. The number of hydrogen-bond donors (Lipinski definition) is 1. The molecule has 0 radical (unpaired) electrons. The van der Waals surface area contributed by atoms with Crippen LogP contribution in [0.4, 0.5) is 18.9 Å². The summed E-state index contributed by atoms with van der Waals surface area (Å²) in [5.74, 6) is -1.11. The number of carbonyl (C=O) groups excluding carboxylic acids is 1. The van der Waals surface area contributed by atoms with Crippen molar-refractivity contribution in [2.24, 2.45) is 0 Å². The highest BCUT2D eigenvalue weighted by atomic mass is 35.5. The molecule has 4 rings (SSSR count). The number of carbonyl (C=O) groups is 1. The molecule has 5 nitrogen and oxygen atoms in total. The summed E-state index contributed by atoms with van der Waals surface area (Å²) < 4.78 is 44.2. The Morgan fingerprint density at radius 3 is 2.39 bits per heavy atom. The molecule has 0 saturated carbocycles. The number of hydrogen-bond acceptors (Lipinski definition) is 4. The van der Waals surface area contributed by atoms with Crippen LogP contribution in [0.3, 0.4) is 0 Å². The number of pyridine rings is 2. The molecule has 4 aromatic rings. The number of amides is 1. The SMILES string of the molecule is O=C(Nc1ccc(OC(F)(F)Cl)cc1)c1cnc(-c2ccccc2F)c(-c2cccnc2)c1. The molecule has 0 aliphatic carbocycles. The molecule has 0 fully saturated rings. The van der Waals surface area contributed by atoms with Crippen molar-refractivity contribution in [2.75, 3.05) is 5.32 Å². The van der Waals surface area contributed by atoms with E-state index in [1.165, 1.54) is 36.5 Å². The lowest BCUT2D eigenvalue weighted by molar-refractivity contribution is -0.0964. The third-order valence-electron chi connectivity index (χ3n) is 4.60. The number of anilines is 1. The van der Waals surface area contributed by atoms with Crippen molar-refractivity contribution in [3.05, 3.63) is 96.7 Å². The lowest BCUT2D eigenvalue weighted by Gasteiger charge is -2.13. The van der Waals surface area contributed by atoms with Gasteiger partial charge >= 0.3 is 5.57 Å². The van der Waals surface area contributed by atoms with Crippen molar-refractivity contribution in [3.8, 4) is 28.1 Å². The fraction of sp³-hybridized carbons (Fsp3) is 0.0417. The summed E-state index contributed by atoms with van der Waals surface area (Å²) in [6.45, 7) is 0. The molecule has 33 heavy (non-hydrogen) atoms. The van der Waals surface area contributed by atoms with Gasteiger partial charge in [-0.05, 0) is 48.5 Å². The normalized spacial score (nSPS) is 11.2. The van der Waals surface area contributed by atoms with Crippen molar-refractivity contribution in [3.63, 3.8) is 0 Å². The fourth-order valence-electron chi connectivity index (χ4n) is 3.14. The van der Waals surface area contributed by atoms with Gasteiger partial charge < -0.3 is 10.1 Å². The molecule has 1 amide bonds. The van der Waals surface area contributed by atoms with Crippen molar-refractivity contribution in [1.29, 1.82) is 0 Å². The number of ether oxygens (including phenoxy) is 1. The first-order valence-electron chi connectivity index (χ1n) is 9.63. The van der Waals surface area contributed by atoms with Gasteiger partial charge in [0, 0.05) is 52.6 Å². The lowest BCUT2D eigenvalue weighted by atomic mass is 9.98. The van der Waals surface area contributed by atoms with E-state index >= 15 is 0 Å². The van der Waals surface area contributed by atoms with Crippen LogP contribution in [-0.2, 0) is 0 Å². The second-order valence-electron chi connectivity index (χ2n) is 6.87. The summed E-state index contributed by atoms with van der Waals surface area (Å²) in [6.07, 6.45) is 4.53. The quantitative estimate of drug-likeness (QED) is 0.333. The molecule has 0 atom stereocenters. The average Bonchev–Trinajstić information content (AvgIpc) is 2.80. The Morgan fingerprint density at radius 1 is 0.970 bits per heavy atom. The summed E-state index contributed by atoms with van der Waals surface area (Å²) >= 11 is 4.74. The molecule has 0 aliphatic rings.